The van der Waals surface area contributed by atoms with Crippen molar-refractivity contribution < 1.29 is 29.4 Å². The summed E-state index contributed by atoms with van der Waals surface area (Å²) >= 11 is 0. The van der Waals surface area contributed by atoms with Crippen LogP contribution < -0.4 is 9.30 Å². The van der Waals surface area contributed by atoms with E-state index < -0.39 is 0 Å². The quantitative estimate of drug-likeness (QED) is 0.139. The summed E-state index contributed by atoms with van der Waals surface area (Å²) in [5.41, 5.74) is 5.03. The molecule has 182 valence electrons. The monoisotopic (exact) mass is 660 g/mol. The Kier molecular flexibility index (Phi) is 6.68. The molecule has 5 heteroatoms. The predicted octanol–water partition coefficient (Wildman–Crippen LogP) is 7.08. The van der Waals surface area contributed by atoms with Crippen LogP contribution in [0, 0.1) is 18.5 Å². The van der Waals surface area contributed by atoms with E-state index in [1.807, 2.05) is 72.8 Å². The summed E-state index contributed by atoms with van der Waals surface area (Å²) in [4.78, 5) is 4.22. The number of hydrogen-bond donors (Lipinski definition) is 0. The fourth-order valence-electron chi connectivity index (χ4n) is 4.50. The Balaban J connectivity index is 0.000000183. The zero-order valence-electron chi connectivity index (χ0n) is 20.8. The predicted molar refractivity (Wildman–Crippen MR) is 142 cm³/mol. The minimum Gasteiger partial charge on any atom is -0.526 e. The molecule has 1 aliphatic heterocycles. The van der Waals surface area contributed by atoms with E-state index in [0.717, 1.165) is 50.2 Å². The molecule has 0 N–H and O–H groups in total. The van der Waals surface area contributed by atoms with E-state index in [1.54, 1.807) is 6.20 Å². The first-order valence-corrected chi connectivity index (χ1v) is 12.0. The summed E-state index contributed by atoms with van der Waals surface area (Å²) in [6.45, 7) is 6.55. The van der Waals surface area contributed by atoms with Crippen LogP contribution in [0.4, 0.5) is 0 Å². The Morgan fingerprint density at radius 2 is 1.68 bits per heavy atom. The Morgan fingerprint density at radius 3 is 2.43 bits per heavy atom. The summed E-state index contributed by atoms with van der Waals surface area (Å²) in [6.07, 6.45) is 5.30. The van der Waals surface area contributed by atoms with Gasteiger partial charge in [-0.25, -0.2) is 0 Å². The van der Waals surface area contributed by atoms with Crippen molar-refractivity contribution in [2.45, 2.75) is 26.3 Å². The van der Waals surface area contributed by atoms with E-state index in [-0.39, 0.29) is 25.6 Å². The van der Waals surface area contributed by atoms with E-state index >= 15 is 0 Å². The van der Waals surface area contributed by atoms with Crippen molar-refractivity contribution in [3.05, 3.63) is 116 Å². The number of hydrogen-bond acceptors (Lipinski definition) is 2. The van der Waals surface area contributed by atoms with E-state index in [1.165, 1.54) is 0 Å². The molecule has 2 aromatic heterocycles. The van der Waals surface area contributed by atoms with Crippen LogP contribution >= 0.6 is 0 Å². The van der Waals surface area contributed by atoms with Crippen molar-refractivity contribution >= 4 is 21.8 Å². The Morgan fingerprint density at radius 1 is 0.865 bits per heavy atom. The molecule has 0 atom stereocenters. The molecule has 0 saturated carbocycles. The minimum atomic E-state index is -0.0660. The second-order valence-corrected chi connectivity index (χ2v) is 9.71. The maximum absolute atomic E-state index is 6.30. The number of benzene rings is 4. The van der Waals surface area contributed by atoms with Crippen LogP contribution in [0.5, 0.6) is 11.5 Å². The van der Waals surface area contributed by atoms with Gasteiger partial charge in [0.15, 0.2) is 0 Å². The molecular weight excluding hydrogens is 635 g/mol. The third kappa shape index (κ3) is 4.57. The molecular formula is C32H25IrN3O+. The average Bonchev–Trinajstić information content (AvgIpc) is 3.32. The molecule has 0 radical (unpaired) electrons. The maximum atomic E-state index is 6.30. The molecule has 0 saturated heterocycles. The van der Waals surface area contributed by atoms with Crippen LogP contribution in [-0.4, -0.2) is 9.55 Å². The van der Waals surface area contributed by atoms with Gasteiger partial charge in [0, 0.05) is 11.9 Å². The molecule has 1 aliphatic rings. The van der Waals surface area contributed by atoms with E-state index in [4.69, 9.17) is 4.74 Å². The number of rotatable bonds is 1. The molecule has 3 heterocycles. The number of pyridine rings is 1. The molecule has 4 nitrogen and oxygen atoms in total. The standard InChI is InChI=1S/C21H17N2O.C11H8N.Ir/c1-21(2,3)23-13-22-17-12-11-14-7-4-5-8-15(14)20(17)24-18-10-6-9-16(23)19(18)22;1-2-6-10(7-3-1)11-8-4-5-9-12-11;/h4-11H,1-3H3;1-6,8-9H;/q2*-1;+3. The molecule has 0 fully saturated rings. The first kappa shape index (κ1) is 24.9. The van der Waals surface area contributed by atoms with Gasteiger partial charge >= 0.3 is 20.1 Å². The largest absolute Gasteiger partial charge is 3.00 e. The third-order valence-corrected chi connectivity index (χ3v) is 6.18. The van der Waals surface area contributed by atoms with Crippen LogP contribution in [0.1, 0.15) is 20.8 Å². The van der Waals surface area contributed by atoms with Crippen molar-refractivity contribution in [2.24, 2.45) is 0 Å². The zero-order valence-corrected chi connectivity index (χ0v) is 23.2. The average molecular weight is 660 g/mol. The van der Waals surface area contributed by atoms with Crippen molar-refractivity contribution in [1.82, 2.24) is 9.55 Å². The second kappa shape index (κ2) is 9.93. The first-order valence-electron chi connectivity index (χ1n) is 12.0. The van der Waals surface area contributed by atoms with Crippen LogP contribution in [0.25, 0.3) is 38.8 Å². The van der Waals surface area contributed by atoms with Gasteiger partial charge in [0.25, 0.3) is 0 Å². The molecule has 37 heavy (non-hydrogen) atoms. The van der Waals surface area contributed by atoms with Crippen LogP contribution in [0.3, 0.4) is 0 Å². The minimum absolute atomic E-state index is 0. The van der Waals surface area contributed by atoms with E-state index in [2.05, 4.69) is 71.5 Å². The summed E-state index contributed by atoms with van der Waals surface area (Å²) in [5, 5.41) is 2.22. The Labute approximate surface area is 230 Å². The van der Waals surface area contributed by atoms with Crippen molar-refractivity contribution in [3.8, 4) is 28.4 Å². The van der Waals surface area contributed by atoms with Gasteiger partial charge in [0.2, 0.25) is 6.33 Å². The molecule has 6 aromatic rings. The van der Waals surface area contributed by atoms with Gasteiger partial charge in [-0.05, 0) is 44.3 Å². The van der Waals surface area contributed by atoms with E-state index in [9.17, 15) is 0 Å². The van der Waals surface area contributed by atoms with Crippen molar-refractivity contribution in [2.75, 3.05) is 0 Å². The summed E-state index contributed by atoms with van der Waals surface area (Å²) in [5.74, 6) is 1.71. The Hall–Kier alpha value is -3.79. The van der Waals surface area contributed by atoms with Gasteiger partial charge in [0.1, 0.15) is 5.75 Å². The molecule has 4 aromatic carbocycles. The molecule has 7 rings (SSSR count). The number of para-hydroxylation sites is 1. The number of fused-ring (bicyclic) bond motifs is 4. The number of imidazole rings is 1. The van der Waals surface area contributed by atoms with Gasteiger partial charge in [-0.15, -0.1) is 47.3 Å². The summed E-state index contributed by atoms with van der Waals surface area (Å²) < 4.78 is 10.6. The molecule has 0 spiro atoms. The fraction of sp³-hybridized carbons (Fsp3) is 0.125. The molecule has 0 amide bonds. The molecule has 0 unspecified atom stereocenters. The van der Waals surface area contributed by atoms with Gasteiger partial charge in [-0.2, -0.15) is 12.1 Å². The second-order valence-electron chi connectivity index (χ2n) is 9.71. The van der Waals surface area contributed by atoms with Crippen molar-refractivity contribution in [1.29, 1.82) is 0 Å². The number of nitrogens with zero attached hydrogens (tertiary/aromatic N) is 3. The normalized spacial score (nSPS) is 11.6. The summed E-state index contributed by atoms with van der Waals surface area (Å²) in [6, 6.07) is 36.7. The SMILES string of the molecule is CC(C)(C)n1[c-][n+]2c3c(cccc31)Oc1c-2[c-]cc2ccccc12.[Ir+3].[c-]1ccccc1-c1ccccn1. The van der Waals surface area contributed by atoms with Gasteiger partial charge < -0.3 is 18.9 Å². The fourth-order valence-corrected chi connectivity index (χ4v) is 4.50. The van der Waals surface area contributed by atoms with Gasteiger partial charge in [0.05, 0.1) is 16.6 Å². The maximum Gasteiger partial charge on any atom is 3.00 e. The number of aromatic nitrogens is 3. The zero-order chi connectivity index (χ0) is 24.7. The smallest absolute Gasteiger partial charge is 0.526 e. The number of ether oxygens (including phenoxy) is 1. The van der Waals surface area contributed by atoms with Crippen LogP contribution in [0.2, 0.25) is 0 Å². The van der Waals surface area contributed by atoms with Crippen LogP contribution in [0.15, 0.2) is 97.2 Å². The van der Waals surface area contributed by atoms with Crippen molar-refractivity contribution in [3.63, 3.8) is 0 Å². The summed E-state index contributed by atoms with van der Waals surface area (Å²) in [7, 11) is 0. The third-order valence-electron chi connectivity index (χ3n) is 6.18. The molecule has 0 bridgehead atoms. The van der Waals surface area contributed by atoms with Gasteiger partial charge in [-0.1, -0.05) is 47.9 Å². The Bertz CT molecular complexity index is 1650. The topological polar surface area (TPSA) is 30.9 Å². The van der Waals surface area contributed by atoms with Crippen LogP contribution in [-0.2, 0) is 25.6 Å². The first-order chi connectivity index (χ1) is 17.5. The molecule has 0 aliphatic carbocycles. The van der Waals surface area contributed by atoms with Gasteiger partial charge in [-0.3, -0.25) is 0 Å². The van der Waals surface area contributed by atoms with E-state index in [0.29, 0.717) is 0 Å².